The summed E-state index contributed by atoms with van der Waals surface area (Å²) in [6.07, 6.45) is 0. The smallest absolute Gasteiger partial charge is 0.125 e. The standard InChI is InChI=1S/C13H16Cl2N2O/c1-8(7-18-3)17-12(6-14)16-11-5-4-10(15)9(2)13(11)17/h4-5,8H,6-7H2,1-3H3. The molecule has 0 fully saturated rings. The van der Waals surface area contributed by atoms with Crippen molar-refractivity contribution in [1.82, 2.24) is 9.55 Å². The summed E-state index contributed by atoms with van der Waals surface area (Å²) < 4.78 is 7.34. The van der Waals surface area contributed by atoms with Gasteiger partial charge in [0.1, 0.15) is 5.82 Å². The van der Waals surface area contributed by atoms with E-state index in [0.29, 0.717) is 12.5 Å². The molecule has 0 spiro atoms. The number of halogens is 2. The minimum Gasteiger partial charge on any atom is -0.383 e. The number of ether oxygens (including phenoxy) is 1. The molecule has 0 radical (unpaired) electrons. The van der Waals surface area contributed by atoms with E-state index in [4.69, 9.17) is 27.9 Å². The molecule has 1 unspecified atom stereocenters. The number of hydrogen-bond acceptors (Lipinski definition) is 2. The maximum Gasteiger partial charge on any atom is 0.125 e. The predicted molar refractivity (Wildman–Crippen MR) is 75.6 cm³/mol. The lowest BCUT2D eigenvalue weighted by molar-refractivity contribution is 0.163. The van der Waals surface area contributed by atoms with Crippen LogP contribution in [-0.4, -0.2) is 23.3 Å². The molecular weight excluding hydrogens is 271 g/mol. The maximum absolute atomic E-state index is 6.19. The van der Waals surface area contributed by atoms with Crippen LogP contribution in [0.15, 0.2) is 12.1 Å². The van der Waals surface area contributed by atoms with E-state index in [0.717, 1.165) is 27.4 Å². The van der Waals surface area contributed by atoms with Crippen LogP contribution in [0.2, 0.25) is 5.02 Å². The molecule has 1 atom stereocenters. The largest absolute Gasteiger partial charge is 0.383 e. The number of nitrogens with zero attached hydrogens (tertiary/aromatic N) is 2. The number of aryl methyl sites for hydroxylation is 1. The number of methoxy groups -OCH3 is 1. The van der Waals surface area contributed by atoms with E-state index in [1.165, 1.54) is 0 Å². The van der Waals surface area contributed by atoms with Crippen molar-refractivity contribution in [3.63, 3.8) is 0 Å². The second kappa shape index (κ2) is 5.47. The number of hydrogen-bond donors (Lipinski definition) is 0. The molecule has 0 aliphatic heterocycles. The summed E-state index contributed by atoms with van der Waals surface area (Å²) in [5, 5.41) is 0.745. The van der Waals surface area contributed by atoms with Crippen LogP contribution in [0.3, 0.4) is 0 Å². The Morgan fingerprint density at radius 3 is 2.78 bits per heavy atom. The van der Waals surface area contributed by atoms with Crippen molar-refractivity contribution in [1.29, 1.82) is 0 Å². The van der Waals surface area contributed by atoms with Gasteiger partial charge in [-0.15, -0.1) is 11.6 Å². The molecule has 1 heterocycles. The summed E-state index contributed by atoms with van der Waals surface area (Å²) in [7, 11) is 1.69. The van der Waals surface area contributed by atoms with Gasteiger partial charge in [0.2, 0.25) is 0 Å². The molecule has 18 heavy (non-hydrogen) atoms. The quantitative estimate of drug-likeness (QED) is 0.796. The topological polar surface area (TPSA) is 27.1 Å². The van der Waals surface area contributed by atoms with E-state index in [9.17, 15) is 0 Å². The Morgan fingerprint density at radius 2 is 2.17 bits per heavy atom. The first-order chi connectivity index (χ1) is 8.60. The molecule has 0 saturated carbocycles. The zero-order chi connectivity index (χ0) is 13.3. The fourth-order valence-electron chi connectivity index (χ4n) is 2.26. The minimum atomic E-state index is 0.172. The van der Waals surface area contributed by atoms with Crippen molar-refractivity contribution in [2.45, 2.75) is 25.8 Å². The zero-order valence-corrected chi connectivity index (χ0v) is 12.2. The van der Waals surface area contributed by atoms with Gasteiger partial charge in [-0.25, -0.2) is 4.98 Å². The number of imidazole rings is 1. The van der Waals surface area contributed by atoms with Crippen molar-refractivity contribution in [3.8, 4) is 0 Å². The normalized spacial score (nSPS) is 13.2. The van der Waals surface area contributed by atoms with Crippen molar-refractivity contribution in [2.75, 3.05) is 13.7 Å². The van der Waals surface area contributed by atoms with Crippen LogP contribution < -0.4 is 0 Å². The molecule has 98 valence electrons. The van der Waals surface area contributed by atoms with Crippen LogP contribution in [0.25, 0.3) is 11.0 Å². The van der Waals surface area contributed by atoms with Crippen molar-refractivity contribution in [3.05, 3.63) is 28.5 Å². The highest BCUT2D eigenvalue weighted by atomic mass is 35.5. The third-order valence-corrected chi connectivity index (χ3v) is 3.73. The third-order valence-electron chi connectivity index (χ3n) is 3.08. The van der Waals surface area contributed by atoms with Crippen LogP contribution in [0, 0.1) is 6.92 Å². The Labute approximate surface area is 117 Å². The summed E-state index contributed by atoms with van der Waals surface area (Å²) in [6, 6.07) is 3.97. The van der Waals surface area contributed by atoms with E-state index < -0.39 is 0 Å². The highest BCUT2D eigenvalue weighted by Crippen LogP contribution is 2.29. The number of rotatable bonds is 4. The lowest BCUT2D eigenvalue weighted by Crippen LogP contribution is -2.14. The highest BCUT2D eigenvalue weighted by Gasteiger charge is 2.17. The first kappa shape index (κ1) is 13.7. The van der Waals surface area contributed by atoms with E-state index in [1.54, 1.807) is 7.11 Å². The van der Waals surface area contributed by atoms with Crippen LogP contribution in [0.5, 0.6) is 0 Å². The van der Waals surface area contributed by atoms with Crippen LogP contribution in [0.4, 0.5) is 0 Å². The Bertz CT molecular complexity index is 566. The Morgan fingerprint density at radius 1 is 1.44 bits per heavy atom. The number of aromatic nitrogens is 2. The summed E-state index contributed by atoms with van der Waals surface area (Å²) >= 11 is 12.2. The molecule has 0 amide bonds. The summed E-state index contributed by atoms with van der Waals surface area (Å²) in [5.74, 6) is 1.22. The van der Waals surface area contributed by atoms with Crippen LogP contribution >= 0.6 is 23.2 Å². The molecule has 2 aromatic rings. The predicted octanol–water partition coefficient (Wildman–Crippen LogP) is 3.94. The Hall–Kier alpha value is -0.770. The molecule has 5 heteroatoms. The lowest BCUT2D eigenvalue weighted by atomic mass is 10.2. The van der Waals surface area contributed by atoms with Crippen molar-refractivity contribution >= 4 is 34.2 Å². The maximum atomic E-state index is 6.19. The first-order valence-corrected chi connectivity index (χ1v) is 6.72. The number of benzene rings is 1. The van der Waals surface area contributed by atoms with Gasteiger partial charge in [0.25, 0.3) is 0 Å². The number of alkyl halides is 1. The fourth-order valence-corrected chi connectivity index (χ4v) is 2.60. The second-order valence-electron chi connectivity index (χ2n) is 4.38. The molecule has 0 aliphatic carbocycles. The van der Waals surface area contributed by atoms with Gasteiger partial charge in [0.15, 0.2) is 0 Å². The van der Waals surface area contributed by atoms with Crippen LogP contribution in [-0.2, 0) is 10.6 Å². The molecule has 0 saturated heterocycles. The molecule has 2 rings (SSSR count). The second-order valence-corrected chi connectivity index (χ2v) is 5.05. The van der Waals surface area contributed by atoms with E-state index in [2.05, 4.69) is 16.5 Å². The molecular formula is C13H16Cl2N2O. The summed E-state index contributed by atoms with van der Waals surface area (Å²) in [4.78, 5) is 4.55. The lowest BCUT2D eigenvalue weighted by Gasteiger charge is -2.17. The van der Waals surface area contributed by atoms with Gasteiger partial charge in [0, 0.05) is 12.1 Å². The van der Waals surface area contributed by atoms with Gasteiger partial charge in [-0.1, -0.05) is 11.6 Å². The average Bonchev–Trinajstić information content (AvgIpc) is 2.73. The molecule has 0 aliphatic rings. The Balaban J connectivity index is 2.70. The molecule has 0 bridgehead atoms. The van der Waals surface area contributed by atoms with Gasteiger partial charge in [0.05, 0.1) is 29.6 Å². The third kappa shape index (κ3) is 2.22. The van der Waals surface area contributed by atoms with E-state index in [1.807, 2.05) is 19.1 Å². The molecule has 1 aromatic heterocycles. The van der Waals surface area contributed by atoms with Crippen molar-refractivity contribution < 1.29 is 4.74 Å². The van der Waals surface area contributed by atoms with Crippen molar-refractivity contribution in [2.24, 2.45) is 0 Å². The molecule has 0 N–H and O–H groups in total. The minimum absolute atomic E-state index is 0.172. The van der Waals surface area contributed by atoms with Crippen LogP contribution in [0.1, 0.15) is 24.4 Å². The summed E-state index contributed by atoms with van der Waals surface area (Å²) in [5.41, 5.74) is 3.00. The van der Waals surface area contributed by atoms with Gasteiger partial charge < -0.3 is 9.30 Å². The Kier molecular flexibility index (Phi) is 4.15. The summed E-state index contributed by atoms with van der Waals surface area (Å²) in [6.45, 7) is 4.70. The van der Waals surface area contributed by atoms with Gasteiger partial charge in [-0.3, -0.25) is 0 Å². The van der Waals surface area contributed by atoms with E-state index in [-0.39, 0.29) is 6.04 Å². The first-order valence-electron chi connectivity index (χ1n) is 5.81. The average molecular weight is 287 g/mol. The highest BCUT2D eigenvalue weighted by molar-refractivity contribution is 6.32. The fraction of sp³-hybridized carbons (Fsp3) is 0.462. The van der Waals surface area contributed by atoms with Gasteiger partial charge >= 0.3 is 0 Å². The molecule has 1 aromatic carbocycles. The number of fused-ring (bicyclic) bond motifs is 1. The van der Waals surface area contributed by atoms with E-state index >= 15 is 0 Å². The SMILES string of the molecule is COCC(C)n1c(CCl)nc2ccc(Cl)c(C)c21. The van der Waals surface area contributed by atoms with Gasteiger partial charge in [-0.2, -0.15) is 0 Å². The molecule has 3 nitrogen and oxygen atoms in total. The zero-order valence-electron chi connectivity index (χ0n) is 10.7. The monoisotopic (exact) mass is 286 g/mol. The van der Waals surface area contributed by atoms with Gasteiger partial charge in [-0.05, 0) is 31.5 Å².